The number of carboxylic acids is 1. The topological polar surface area (TPSA) is 99.1 Å². The van der Waals surface area contributed by atoms with Gasteiger partial charge in [0.05, 0.1) is 12.8 Å². The molecule has 1 aromatic carbocycles. The maximum Gasteiger partial charge on any atom is 0.332 e. The summed E-state index contributed by atoms with van der Waals surface area (Å²) >= 11 is 0. The number of rotatable bonds is 6. The summed E-state index contributed by atoms with van der Waals surface area (Å²) in [4.78, 5) is 23.7. The predicted octanol–water partition coefficient (Wildman–Crippen LogP) is 0.677. The number of carbonyl (C=O) groups excluding carboxylic acids is 1. The summed E-state index contributed by atoms with van der Waals surface area (Å²) in [7, 11) is 3.08. The first kappa shape index (κ1) is 15.8. The van der Waals surface area contributed by atoms with Gasteiger partial charge in [-0.15, -0.1) is 0 Å². The van der Waals surface area contributed by atoms with E-state index in [1.165, 1.54) is 12.0 Å². The van der Waals surface area contributed by atoms with Crippen molar-refractivity contribution in [1.29, 1.82) is 0 Å². The van der Waals surface area contributed by atoms with Crippen LogP contribution in [-0.2, 0) is 4.79 Å². The van der Waals surface area contributed by atoms with E-state index in [0.717, 1.165) is 0 Å². The molecule has 0 aliphatic rings. The van der Waals surface area contributed by atoms with E-state index in [-0.39, 0.29) is 13.0 Å². The summed E-state index contributed by atoms with van der Waals surface area (Å²) in [5.74, 6) is -0.756. The minimum Gasteiger partial charge on any atom is -0.495 e. The van der Waals surface area contributed by atoms with Crippen LogP contribution in [0.3, 0.4) is 0 Å². The molecule has 3 N–H and O–H groups in total. The molecule has 1 aromatic rings. The second-order valence-corrected chi connectivity index (χ2v) is 4.11. The summed E-state index contributed by atoms with van der Waals surface area (Å²) in [6, 6.07) is 6.61. The number of amides is 2. The number of urea groups is 1. The number of para-hydroxylation sites is 2. The first-order valence-corrected chi connectivity index (χ1v) is 6.02. The number of carbonyl (C=O) groups is 2. The van der Waals surface area contributed by atoms with Crippen LogP contribution in [0.1, 0.15) is 6.42 Å². The van der Waals surface area contributed by atoms with Gasteiger partial charge >= 0.3 is 12.0 Å². The second-order valence-electron chi connectivity index (χ2n) is 4.11. The summed E-state index contributed by atoms with van der Waals surface area (Å²) in [6.45, 7) is 0.0613. The molecule has 0 bridgehead atoms. The van der Waals surface area contributed by atoms with E-state index in [2.05, 4.69) is 5.32 Å². The number of carboxylic acid groups (broad SMARTS) is 1. The van der Waals surface area contributed by atoms with Gasteiger partial charge in [-0.1, -0.05) is 12.1 Å². The van der Waals surface area contributed by atoms with Crippen molar-refractivity contribution in [3.63, 3.8) is 0 Å². The Kier molecular flexibility index (Phi) is 5.79. The second kappa shape index (κ2) is 7.34. The van der Waals surface area contributed by atoms with Crippen molar-refractivity contribution < 1.29 is 24.5 Å². The summed E-state index contributed by atoms with van der Waals surface area (Å²) in [6.07, 6.45) is -1.53. The lowest BCUT2D eigenvalue weighted by atomic mass is 10.2. The molecule has 0 saturated heterocycles. The molecule has 0 heterocycles. The molecular formula is C13H18N2O5. The van der Waals surface area contributed by atoms with Crippen LogP contribution in [-0.4, -0.2) is 49.0 Å². The average molecular weight is 282 g/mol. The molecule has 7 nitrogen and oxygen atoms in total. The molecule has 7 heteroatoms. The van der Waals surface area contributed by atoms with Gasteiger partial charge in [0.1, 0.15) is 5.75 Å². The molecule has 20 heavy (non-hydrogen) atoms. The zero-order valence-electron chi connectivity index (χ0n) is 11.4. The van der Waals surface area contributed by atoms with Crippen molar-refractivity contribution in [2.75, 3.05) is 25.6 Å². The van der Waals surface area contributed by atoms with E-state index in [1.54, 1.807) is 31.3 Å². The highest BCUT2D eigenvalue weighted by atomic mass is 16.5. The van der Waals surface area contributed by atoms with Gasteiger partial charge in [-0.2, -0.15) is 0 Å². The number of anilines is 1. The zero-order chi connectivity index (χ0) is 15.1. The minimum absolute atomic E-state index is 0.0547. The number of hydrogen-bond acceptors (Lipinski definition) is 4. The van der Waals surface area contributed by atoms with Gasteiger partial charge in [0, 0.05) is 20.0 Å². The number of methoxy groups -OCH3 is 1. The number of nitrogens with zero attached hydrogens (tertiary/aromatic N) is 1. The maximum atomic E-state index is 11.9. The summed E-state index contributed by atoms with van der Waals surface area (Å²) in [5.41, 5.74) is 0.589. The molecule has 0 aliphatic heterocycles. The lowest BCUT2D eigenvalue weighted by Gasteiger charge is -2.20. The zero-order valence-corrected chi connectivity index (χ0v) is 11.4. The highest BCUT2D eigenvalue weighted by molar-refractivity contribution is 5.93. The monoisotopic (exact) mass is 282 g/mol. The normalized spacial score (nSPS) is 11.6. The quantitative estimate of drug-likeness (QED) is 0.712. The fourth-order valence-electron chi connectivity index (χ4n) is 1.57. The number of aliphatic hydroxyl groups excluding tert-OH is 1. The third kappa shape index (κ3) is 4.13. The van der Waals surface area contributed by atoms with Crippen molar-refractivity contribution in [2.45, 2.75) is 12.5 Å². The molecule has 0 spiro atoms. The van der Waals surface area contributed by atoms with Crippen LogP contribution in [0.4, 0.5) is 10.5 Å². The highest BCUT2D eigenvalue weighted by Gasteiger charge is 2.16. The Morgan fingerprint density at radius 3 is 2.65 bits per heavy atom. The first-order chi connectivity index (χ1) is 9.47. The molecular weight excluding hydrogens is 264 g/mol. The molecule has 1 atom stereocenters. The smallest absolute Gasteiger partial charge is 0.332 e. The van der Waals surface area contributed by atoms with Gasteiger partial charge in [-0.3, -0.25) is 4.90 Å². The fourth-order valence-corrected chi connectivity index (χ4v) is 1.57. The standard InChI is InChI=1S/C13H18N2O5/c1-15(9-5-3-4-6-11(9)20-2)13(19)14-8-7-10(16)12(17)18/h3-6,10,16H,7-8H2,1-2H3,(H,14,19)(H,17,18). The Balaban J connectivity index is 2.57. The van der Waals surface area contributed by atoms with Crippen LogP contribution >= 0.6 is 0 Å². The molecule has 0 saturated carbocycles. The van der Waals surface area contributed by atoms with Gasteiger partial charge in [-0.25, -0.2) is 9.59 Å². The first-order valence-electron chi connectivity index (χ1n) is 6.02. The lowest BCUT2D eigenvalue weighted by Crippen LogP contribution is -2.39. The van der Waals surface area contributed by atoms with E-state index < -0.39 is 18.1 Å². The average Bonchev–Trinajstić information content (AvgIpc) is 2.45. The molecule has 0 aromatic heterocycles. The van der Waals surface area contributed by atoms with E-state index in [1.807, 2.05) is 0 Å². The Bertz CT molecular complexity index is 478. The number of ether oxygens (including phenoxy) is 1. The van der Waals surface area contributed by atoms with Crippen LogP contribution in [0.25, 0.3) is 0 Å². The van der Waals surface area contributed by atoms with E-state index in [0.29, 0.717) is 11.4 Å². The number of nitrogens with one attached hydrogen (secondary N) is 1. The molecule has 1 unspecified atom stereocenters. The minimum atomic E-state index is -1.48. The Morgan fingerprint density at radius 1 is 1.40 bits per heavy atom. The number of benzene rings is 1. The highest BCUT2D eigenvalue weighted by Crippen LogP contribution is 2.26. The lowest BCUT2D eigenvalue weighted by molar-refractivity contribution is -0.146. The van der Waals surface area contributed by atoms with E-state index in [9.17, 15) is 9.59 Å². The fraction of sp³-hybridized carbons (Fsp3) is 0.385. The van der Waals surface area contributed by atoms with Crippen LogP contribution in [0.2, 0.25) is 0 Å². The van der Waals surface area contributed by atoms with Crippen molar-refractivity contribution >= 4 is 17.7 Å². The van der Waals surface area contributed by atoms with Gasteiger partial charge in [0.2, 0.25) is 0 Å². The number of aliphatic carboxylic acids is 1. The van der Waals surface area contributed by atoms with Crippen molar-refractivity contribution in [1.82, 2.24) is 5.32 Å². The van der Waals surface area contributed by atoms with E-state index in [4.69, 9.17) is 14.9 Å². The van der Waals surface area contributed by atoms with Gasteiger partial charge in [0.15, 0.2) is 6.10 Å². The SMILES string of the molecule is COc1ccccc1N(C)C(=O)NCCC(O)C(=O)O. The largest absolute Gasteiger partial charge is 0.495 e. The Labute approximate surface area is 116 Å². The van der Waals surface area contributed by atoms with E-state index >= 15 is 0 Å². The summed E-state index contributed by atoms with van der Waals surface area (Å²) < 4.78 is 5.15. The maximum absolute atomic E-state index is 11.9. The molecule has 1 rings (SSSR count). The van der Waals surface area contributed by atoms with Gasteiger partial charge in [0.25, 0.3) is 0 Å². The number of aliphatic hydroxyl groups is 1. The third-order valence-electron chi connectivity index (χ3n) is 2.73. The molecule has 2 amide bonds. The van der Waals surface area contributed by atoms with Crippen molar-refractivity contribution in [3.05, 3.63) is 24.3 Å². The van der Waals surface area contributed by atoms with Gasteiger partial charge < -0.3 is 20.3 Å². The van der Waals surface area contributed by atoms with Crippen LogP contribution in [0.5, 0.6) is 5.75 Å². The van der Waals surface area contributed by atoms with Crippen LogP contribution in [0, 0.1) is 0 Å². The van der Waals surface area contributed by atoms with Crippen molar-refractivity contribution in [2.24, 2.45) is 0 Å². The van der Waals surface area contributed by atoms with Crippen LogP contribution < -0.4 is 15.0 Å². The Morgan fingerprint density at radius 2 is 2.05 bits per heavy atom. The molecule has 0 fully saturated rings. The predicted molar refractivity (Wildman–Crippen MR) is 73.1 cm³/mol. The van der Waals surface area contributed by atoms with Crippen molar-refractivity contribution in [3.8, 4) is 5.75 Å². The summed E-state index contributed by atoms with van der Waals surface area (Å²) in [5, 5.41) is 20.1. The molecule has 0 aliphatic carbocycles. The van der Waals surface area contributed by atoms with Gasteiger partial charge in [-0.05, 0) is 12.1 Å². The third-order valence-corrected chi connectivity index (χ3v) is 2.73. The molecule has 0 radical (unpaired) electrons. The number of hydrogen-bond donors (Lipinski definition) is 3. The van der Waals surface area contributed by atoms with Crippen LogP contribution in [0.15, 0.2) is 24.3 Å². The Hall–Kier alpha value is -2.28. The molecule has 110 valence electrons.